The Bertz CT molecular complexity index is 1040. The van der Waals surface area contributed by atoms with Crippen molar-refractivity contribution in [2.45, 2.75) is 19.0 Å². The van der Waals surface area contributed by atoms with Crippen molar-refractivity contribution >= 4 is 23.2 Å². The second-order valence-electron chi connectivity index (χ2n) is 6.86. The number of anilines is 1. The molecule has 0 saturated heterocycles. The molecule has 4 rings (SSSR count). The van der Waals surface area contributed by atoms with Crippen molar-refractivity contribution in [1.29, 1.82) is 0 Å². The Morgan fingerprint density at radius 1 is 1.10 bits per heavy atom. The standard InChI is InChI=1S/C23H21N3O3/c1-26-19-10-6-5-9-18(19)21(17-7-3-2-4-8-17)25-22(23(26)28)24-20(27)12-11-16-13-14-29-15-16/h2-10,13-15,22H,11-12H2,1H3,(H,24,27)/t22-/m1/s1. The highest BCUT2D eigenvalue weighted by Gasteiger charge is 2.30. The number of aryl methyl sites for hydroxylation is 1. The summed E-state index contributed by atoms with van der Waals surface area (Å²) in [5.74, 6) is -0.514. The Balaban J connectivity index is 1.65. The van der Waals surface area contributed by atoms with E-state index in [0.29, 0.717) is 12.1 Å². The zero-order valence-electron chi connectivity index (χ0n) is 16.0. The van der Waals surface area contributed by atoms with Crippen LogP contribution in [0.15, 0.2) is 82.6 Å². The molecule has 1 aliphatic rings. The van der Waals surface area contributed by atoms with Crippen LogP contribution in [0, 0.1) is 0 Å². The van der Waals surface area contributed by atoms with Gasteiger partial charge in [-0.3, -0.25) is 9.59 Å². The molecule has 0 saturated carbocycles. The van der Waals surface area contributed by atoms with E-state index in [1.54, 1.807) is 24.5 Å². The van der Waals surface area contributed by atoms with Crippen molar-refractivity contribution in [2.75, 3.05) is 11.9 Å². The highest BCUT2D eigenvalue weighted by molar-refractivity contribution is 6.20. The molecule has 3 aromatic rings. The number of furan rings is 1. The highest BCUT2D eigenvalue weighted by atomic mass is 16.3. The van der Waals surface area contributed by atoms with Gasteiger partial charge in [0.05, 0.1) is 23.9 Å². The number of carbonyl (C=O) groups excluding carboxylic acids is 2. The molecule has 1 atom stereocenters. The number of hydrogen-bond donors (Lipinski definition) is 1. The van der Waals surface area contributed by atoms with Crippen LogP contribution in [0.4, 0.5) is 5.69 Å². The van der Waals surface area contributed by atoms with E-state index < -0.39 is 6.17 Å². The maximum atomic E-state index is 13.0. The molecule has 0 aliphatic carbocycles. The number of carbonyl (C=O) groups is 2. The van der Waals surface area contributed by atoms with Crippen molar-refractivity contribution in [3.63, 3.8) is 0 Å². The average molecular weight is 387 g/mol. The van der Waals surface area contributed by atoms with Gasteiger partial charge >= 0.3 is 0 Å². The number of likely N-dealkylation sites (N-methyl/N-ethyl adjacent to an activating group) is 1. The maximum Gasteiger partial charge on any atom is 0.272 e. The van der Waals surface area contributed by atoms with Gasteiger partial charge < -0.3 is 14.6 Å². The van der Waals surface area contributed by atoms with E-state index in [0.717, 1.165) is 22.4 Å². The fraction of sp³-hybridized carbons (Fsp3) is 0.174. The average Bonchev–Trinajstić information content (AvgIpc) is 3.25. The first kappa shape index (κ1) is 18.7. The molecule has 6 nitrogen and oxygen atoms in total. The van der Waals surface area contributed by atoms with Gasteiger partial charge in [0, 0.05) is 24.6 Å². The first-order chi connectivity index (χ1) is 14.1. The highest BCUT2D eigenvalue weighted by Crippen LogP contribution is 2.27. The van der Waals surface area contributed by atoms with Gasteiger partial charge in [0.1, 0.15) is 0 Å². The number of fused-ring (bicyclic) bond motifs is 1. The summed E-state index contributed by atoms with van der Waals surface area (Å²) in [6.07, 6.45) is 2.98. The lowest BCUT2D eigenvalue weighted by Gasteiger charge is -2.20. The summed E-state index contributed by atoms with van der Waals surface area (Å²) >= 11 is 0. The Morgan fingerprint density at radius 2 is 1.86 bits per heavy atom. The fourth-order valence-corrected chi connectivity index (χ4v) is 3.36. The van der Waals surface area contributed by atoms with E-state index in [4.69, 9.17) is 4.42 Å². The molecule has 2 heterocycles. The number of nitrogens with zero attached hydrogens (tertiary/aromatic N) is 2. The van der Waals surface area contributed by atoms with Crippen molar-refractivity contribution in [3.8, 4) is 0 Å². The van der Waals surface area contributed by atoms with Gasteiger partial charge in [-0.1, -0.05) is 48.5 Å². The second kappa shape index (κ2) is 8.14. The Kier molecular flexibility index (Phi) is 5.24. The van der Waals surface area contributed by atoms with E-state index in [1.165, 1.54) is 0 Å². The van der Waals surface area contributed by atoms with Gasteiger partial charge in [-0.2, -0.15) is 0 Å². The smallest absolute Gasteiger partial charge is 0.272 e. The third kappa shape index (κ3) is 3.96. The van der Waals surface area contributed by atoms with Crippen LogP contribution in [0.1, 0.15) is 23.1 Å². The molecule has 146 valence electrons. The minimum Gasteiger partial charge on any atom is -0.472 e. The Hall–Kier alpha value is -3.67. The fourth-order valence-electron chi connectivity index (χ4n) is 3.36. The number of benzodiazepines with no additional fused rings is 1. The monoisotopic (exact) mass is 387 g/mol. The molecule has 6 heteroatoms. The molecular weight excluding hydrogens is 366 g/mol. The molecule has 1 aromatic heterocycles. The van der Waals surface area contributed by atoms with Gasteiger partial charge in [-0.15, -0.1) is 0 Å². The lowest BCUT2D eigenvalue weighted by Crippen LogP contribution is -2.46. The summed E-state index contributed by atoms with van der Waals surface area (Å²) in [6, 6.07) is 19.1. The minimum absolute atomic E-state index is 0.236. The SMILES string of the molecule is CN1C(=O)[C@H](NC(=O)CCc2ccoc2)N=C(c2ccccc2)c2ccccc21. The van der Waals surface area contributed by atoms with Crippen LogP contribution >= 0.6 is 0 Å². The summed E-state index contributed by atoms with van der Waals surface area (Å²) < 4.78 is 5.03. The topological polar surface area (TPSA) is 74.9 Å². The van der Waals surface area contributed by atoms with Crippen molar-refractivity contribution in [2.24, 2.45) is 4.99 Å². The van der Waals surface area contributed by atoms with Crippen LogP contribution in [0.5, 0.6) is 0 Å². The van der Waals surface area contributed by atoms with Crippen LogP contribution in [0.3, 0.4) is 0 Å². The normalized spacial score (nSPS) is 16.0. The van der Waals surface area contributed by atoms with Gasteiger partial charge in [0.2, 0.25) is 12.1 Å². The number of nitrogens with one attached hydrogen (secondary N) is 1. The van der Waals surface area contributed by atoms with Crippen LogP contribution in [-0.4, -0.2) is 30.7 Å². The zero-order chi connectivity index (χ0) is 20.2. The second-order valence-corrected chi connectivity index (χ2v) is 6.86. The van der Waals surface area contributed by atoms with Crippen molar-refractivity contribution in [1.82, 2.24) is 5.32 Å². The summed E-state index contributed by atoms with van der Waals surface area (Å²) in [5, 5.41) is 2.79. The third-order valence-electron chi connectivity index (χ3n) is 4.91. The molecule has 0 spiro atoms. The zero-order valence-corrected chi connectivity index (χ0v) is 16.0. The predicted molar refractivity (Wildman–Crippen MR) is 111 cm³/mol. The molecule has 1 N–H and O–H groups in total. The number of para-hydroxylation sites is 1. The molecule has 0 radical (unpaired) electrons. The number of benzene rings is 2. The molecule has 0 unspecified atom stereocenters. The molecular formula is C23H21N3O3. The Labute approximate surface area is 168 Å². The molecule has 0 fully saturated rings. The predicted octanol–water partition coefficient (Wildman–Crippen LogP) is 3.17. The first-order valence-corrected chi connectivity index (χ1v) is 9.44. The number of amides is 2. The number of rotatable bonds is 5. The van der Waals surface area contributed by atoms with E-state index in [9.17, 15) is 9.59 Å². The summed E-state index contributed by atoms with van der Waals surface area (Å²) in [7, 11) is 1.70. The van der Waals surface area contributed by atoms with Gasteiger partial charge in [0.25, 0.3) is 5.91 Å². The maximum absolute atomic E-state index is 13.0. The van der Waals surface area contributed by atoms with Crippen LogP contribution in [0.2, 0.25) is 0 Å². The molecule has 29 heavy (non-hydrogen) atoms. The largest absolute Gasteiger partial charge is 0.472 e. The van der Waals surface area contributed by atoms with Gasteiger partial charge in [-0.05, 0) is 24.1 Å². The summed E-state index contributed by atoms with van der Waals surface area (Å²) in [5.41, 5.74) is 4.12. The van der Waals surface area contributed by atoms with E-state index in [1.807, 2.05) is 60.7 Å². The quantitative estimate of drug-likeness (QED) is 0.731. The van der Waals surface area contributed by atoms with E-state index >= 15 is 0 Å². The molecule has 2 amide bonds. The van der Waals surface area contributed by atoms with Gasteiger partial charge in [-0.25, -0.2) is 4.99 Å². The minimum atomic E-state index is -0.987. The lowest BCUT2D eigenvalue weighted by molar-refractivity contribution is -0.127. The van der Waals surface area contributed by atoms with Crippen molar-refractivity contribution in [3.05, 3.63) is 89.9 Å². The first-order valence-electron chi connectivity index (χ1n) is 9.44. The van der Waals surface area contributed by atoms with Crippen LogP contribution < -0.4 is 10.2 Å². The van der Waals surface area contributed by atoms with Crippen LogP contribution in [0.25, 0.3) is 0 Å². The van der Waals surface area contributed by atoms with Gasteiger partial charge in [0.15, 0.2) is 0 Å². The van der Waals surface area contributed by atoms with E-state index in [-0.39, 0.29) is 18.2 Å². The summed E-state index contributed by atoms with van der Waals surface area (Å²) in [4.78, 5) is 31.8. The number of aliphatic imine (C=N–C) groups is 1. The number of hydrogen-bond acceptors (Lipinski definition) is 4. The van der Waals surface area contributed by atoms with E-state index in [2.05, 4.69) is 10.3 Å². The molecule has 1 aliphatic heterocycles. The van der Waals surface area contributed by atoms with Crippen molar-refractivity contribution < 1.29 is 14.0 Å². The Morgan fingerprint density at radius 3 is 2.62 bits per heavy atom. The lowest BCUT2D eigenvalue weighted by atomic mass is 10.0. The molecule has 2 aromatic carbocycles. The van der Waals surface area contributed by atoms with Crippen LogP contribution in [-0.2, 0) is 16.0 Å². The summed E-state index contributed by atoms with van der Waals surface area (Å²) in [6.45, 7) is 0. The third-order valence-corrected chi connectivity index (χ3v) is 4.91. The molecule has 0 bridgehead atoms.